The second-order valence-corrected chi connectivity index (χ2v) is 4.12. The fourth-order valence-corrected chi connectivity index (χ4v) is 2.49. The van der Waals surface area contributed by atoms with E-state index < -0.39 is 0 Å². The van der Waals surface area contributed by atoms with Crippen molar-refractivity contribution in [2.24, 2.45) is 0 Å². The Morgan fingerprint density at radius 1 is 1.23 bits per heavy atom. The van der Waals surface area contributed by atoms with Crippen LogP contribution >= 0.6 is 0 Å². The first-order chi connectivity index (χ1) is 6.40. The van der Waals surface area contributed by atoms with Gasteiger partial charge >= 0.3 is 0 Å². The van der Waals surface area contributed by atoms with Crippen LogP contribution < -0.4 is 0 Å². The first-order valence-electron chi connectivity index (χ1n) is 5.30. The molecule has 0 aromatic carbocycles. The molecule has 0 aromatic rings. The zero-order chi connectivity index (χ0) is 9.10. The summed E-state index contributed by atoms with van der Waals surface area (Å²) in [5, 5.41) is 0. The molecular formula is C11H18N2. The summed E-state index contributed by atoms with van der Waals surface area (Å²) in [6.07, 6.45) is 9.41. The van der Waals surface area contributed by atoms with Crippen LogP contribution in [0.5, 0.6) is 0 Å². The van der Waals surface area contributed by atoms with E-state index in [2.05, 4.69) is 15.7 Å². The Morgan fingerprint density at radius 2 is 2.00 bits per heavy atom. The molecule has 2 rings (SSSR count). The molecule has 13 heavy (non-hydrogen) atoms. The topological polar surface area (TPSA) is 6.48 Å². The van der Waals surface area contributed by atoms with Crippen molar-refractivity contribution in [3.8, 4) is 12.3 Å². The molecule has 0 bridgehead atoms. The molecule has 0 aliphatic carbocycles. The van der Waals surface area contributed by atoms with Crippen LogP contribution in [0.4, 0.5) is 0 Å². The molecule has 2 aliphatic rings. The van der Waals surface area contributed by atoms with Gasteiger partial charge < -0.3 is 0 Å². The van der Waals surface area contributed by atoms with Gasteiger partial charge in [-0.3, -0.25) is 9.80 Å². The van der Waals surface area contributed by atoms with Gasteiger partial charge in [0, 0.05) is 19.1 Å². The zero-order valence-corrected chi connectivity index (χ0v) is 8.21. The molecule has 2 saturated heterocycles. The van der Waals surface area contributed by atoms with Crippen LogP contribution in [0.2, 0.25) is 0 Å². The quantitative estimate of drug-likeness (QED) is 0.577. The Labute approximate surface area is 80.9 Å². The summed E-state index contributed by atoms with van der Waals surface area (Å²) in [5.41, 5.74) is 0. The lowest BCUT2D eigenvalue weighted by Crippen LogP contribution is -2.35. The average Bonchev–Trinajstić information content (AvgIpc) is 2.70. The van der Waals surface area contributed by atoms with Gasteiger partial charge in [0.25, 0.3) is 0 Å². The lowest BCUT2D eigenvalue weighted by molar-refractivity contribution is 0.239. The largest absolute Gasteiger partial charge is 0.299 e. The van der Waals surface area contributed by atoms with E-state index in [0.717, 1.165) is 12.6 Å². The predicted octanol–water partition coefficient (Wildman–Crippen LogP) is 0.790. The van der Waals surface area contributed by atoms with Crippen molar-refractivity contribution in [3.05, 3.63) is 0 Å². The molecule has 1 atom stereocenters. The van der Waals surface area contributed by atoms with E-state index >= 15 is 0 Å². The number of likely N-dealkylation sites (tertiary alicyclic amines) is 2. The molecule has 0 N–H and O–H groups in total. The third kappa shape index (κ3) is 2.04. The second-order valence-electron chi connectivity index (χ2n) is 4.12. The van der Waals surface area contributed by atoms with E-state index in [1.165, 1.54) is 45.4 Å². The smallest absolute Gasteiger partial charge is 0.0599 e. The van der Waals surface area contributed by atoms with Crippen LogP contribution in [0.1, 0.15) is 19.3 Å². The van der Waals surface area contributed by atoms with Crippen molar-refractivity contribution < 1.29 is 0 Å². The van der Waals surface area contributed by atoms with E-state index in [9.17, 15) is 0 Å². The Hall–Kier alpha value is -0.520. The summed E-state index contributed by atoms with van der Waals surface area (Å²) in [6.45, 7) is 5.86. The van der Waals surface area contributed by atoms with Crippen LogP contribution in [0.15, 0.2) is 0 Å². The average molecular weight is 178 g/mol. The highest BCUT2D eigenvalue weighted by Gasteiger charge is 2.28. The molecule has 0 saturated carbocycles. The predicted molar refractivity (Wildman–Crippen MR) is 54.5 cm³/mol. The first-order valence-corrected chi connectivity index (χ1v) is 5.30. The molecule has 2 heteroatoms. The van der Waals surface area contributed by atoms with Gasteiger partial charge in [-0.05, 0) is 32.4 Å². The summed E-state index contributed by atoms with van der Waals surface area (Å²) >= 11 is 0. The highest BCUT2D eigenvalue weighted by Crippen LogP contribution is 2.19. The van der Waals surface area contributed by atoms with E-state index in [-0.39, 0.29) is 0 Å². The van der Waals surface area contributed by atoms with Crippen molar-refractivity contribution in [3.63, 3.8) is 0 Å². The van der Waals surface area contributed by atoms with Crippen LogP contribution in [-0.2, 0) is 0 Å². The molecule has 72 valence electrons. The SMILES string of the molecule is C#CCN1CCC(N2CCCC2)C1. The second kappa shape index (κ2) is 4.13. The molecule has 0 spiro atoms. The molecule has 2 aliphatic heterocycles. The molecule has 1 unspecified atom stereocenters. The zero-order valence-electron chi connectivity index (χ0n) is 8.21. The number of rotatable bonds is 2. The van der Waals surface area contributed by atoms with Gasteiger partial charge in [0.05, 0.1) is 6.54 Å². The third-order valence-electron chi connectivity index (χ3n) is 3.22. The van der Waals surface area contributed by atoms with Gasteiger partial charge in [-0.25, -0.2) is 0 Å². The molecule has 0 aromatic heterocycles. The highest BCUT2D eigenvalue weighted by molar-refractivity contribution is 4.93. The molecule has 0 amide bonds. The Balaban J connectivity index is 1.80. The third-order valence-corrected chi connectivity index (χ3v) is 3.22. The van der Waals surface area contributed by atoms with Gasteiger partial charge in [0.1, 0.15) is 0 Å². The Morgan fingerprint density at radius 3 is 2.69 bits per heavy atom. The lowest BCUT2D eigenvalue weighted by Gasteiger charge is -2.23. The normalized spacial score (nSPS) is 30.8. The van der Waals surface area contributed by atoms with E-state index in [1.807, 2.05) is 0 Å². The maximum absolute atomic E-state index is 5.30. The van der Waals surface area contributed by atoms with Crippen molar-refractivity contribution in [2.75, 3.05) is 32.7 Å². The van der Waals surface area contributed by atoms with Crippen LogP contribution in [0.25, 0.3) is 0 Å². The molecule has 2 fully saturated rings. The van der Waals surface area contributed by atoms with Crippen LogP contribution in [-0.4, -0.2) is 48.6 Å². The number of hydrogen-bond donors (Lipinski definition) is 0. The van der Waals surface area contributed by atoms with Gasteiger partial charge in [-0.1, -0.05) is 5.92 Å². The standard InChI is InChI=1S/C11H18N2/c1-2-6-12-9-5-11(10-12)13-7-3-4-8-13/h1,11H,3-10H2. The molecular weight excluding hydrogens is 160 g/mol. The first kappa shape index (κ1) is 9.05. The van der Waals surface area contributed by atoms with Crippen molar-refractivity contribution >= 4 is 0 Å². The maximum Gasteiger partial charge on any atom is 0.0599 e. The van der Waals surface area contributed by atoms with E-state index in [1.54, 1.807) is 0 Å². The minimum Gasteiger partial charge on any atom is -0.299 e. The summed E-state index contributed by atoms with van der Waals surface area (Å²) < 4.78 is 0. The minimum absolute atomic E-state index is 0.802. The summed E-state index contributed by atoms with van der Waals surface area (Å²) in [7, 11) is 0. The number of hydrogen-bond acceptors (Lipinski definition) is 2. The van der Waals surface area contributed by atoms with Crippen LogP contribution in [0, 0.1) is 12.3 Å². The summed E-state index contributed by atoms with van der Waals surface area (Å²) in [5.74, 6) is 2.73. The molecule has 0 radical (unpaired) electrons. The van der Waals surface area contributed by atoms with E-state index in [4.69, 9.17) is 6.42 Å². The van der Waals surface area contributed by atoms with Gasteiger partial charge in [0.15, 0.2) is 0 Å². The van der Waals surface area contributed by atoms with Gasteiger partial charge in [-0.15, -0.1) is 6.42 Å². The van der Waals surface area contributed by atoms with Crippen molar-refractivity contribution in [1.29, 1.82) is 0 Å². The van der Waals surface area contributed by atoms with Crippen molar-refractivity contribution in [2.45, 2.75) is 25.3 Å². The van der Waals surface area contributed by atoms with E-state index in [0.29, 0.717) is 0 Å². The van der Waals surface area contributed by atoms with Crippen molar-refractivity contribution in [1.82, 2.24) is 9.80 Å². The summed E-state index contributed by atoms with van der Waals surface area (Å²) in [4.78, 5) is 5.03. The van der Waals surface area contributed by atoms with Crippen LogP contribution in [0.3, 0.4) is 0 Å². The maximum atomic E-state index is 5.30. The molecule has 2 heterocycles. The summed E-state index contributed by atoms with van der Waals surface area (Å²) in [6, 6.07) is 0.802. The minimum atomic E-state index is 0.802. The Bertz CT molecular complexity index is 201. The van der Waals surface area contributed by atoms with Gasteiger partial charge in [0.2, 0.25) is 0 Å². The number of terminal acetylenes is 1. The fourth-order valence-electron chi connectivity index (χ4n) is 2.49. The lowest BCUT2D eigenvalue weighted by atomic mass is 10.2. The monoisotopic (exact) mass is 178 g/mol. The van der Waals surface area contributed by atoms with Gasteiger partial charge in [-0.2, -0.15) is 0 Å². The highest BCUT2D eigenvalue weighted by atomic mass is 15.3. The number of nitrogens with zero attached hydrogens (tertiary/aromatic N) is 2. The fraction of sp³-hybridized carbons (Fsp3) is 0.818. The Kier molecular flexibility index (Phi) is 2.87. The molecule has 2 nitrogen and oxygen atoms in total.